The Morgan fingerprint density at radius 1 is 1.36 bits per heavy atom. The molecule has 1 atom stereocenters. The molecule has 1 unspecified atom stereocenters. The molecule has 0 bridgehead atoms. The summed E-state index contributed by atoms with van der Waals surface area (Å²) in [5, 5.41) is 0. The zero-order chi connectivity index (χ0) is 11.0. The Balaban J connectivity index is 3.78. The molecule has 0 aromatic rings. The number of hydrogen-bond acceptors (Lipinski definition) is 3. The van der Waals surface area contributed by atoms with Gasteiger partial charge in [-0.05, 0) is 26.3 Å². The van der Waals surface area contributed by atoms with Gasteiger partial charge in [0.2, 0.25) is 0 Å². The van der Waals surface area contributed by atoms with E-state index in [9.17, 15) is 4.79 Å². The van der Waals surface area contributed by atoms with E-state index in [1.807, 2.05) is 0 Å². The summed E-state index contributed by atoms with van der Waals surface area (Å²) in [6.45, 7) is 10.5. The molecule has 0 aliphatic rings. The third-order valence-corrected chi connectivity index (χ3v) is 2.41. The van der Waals surface area contributed by atoms with Crippen molar-refractivity contribution in [2.45, 2.75) is 46.6 Å². The first-order valence-electron chi connectivity index (χ1n) is 5.49. The summed E-state index contributed by atoms with van der Waals surface area (Å²) >= 11 is 0. The van der Waals surface area contributed by atoms with Gasteiger partial charge in [-0.3, -0.25) is 9.69 Å². The first kappa shape index (κ1) is 13.4. The third-order valence-electron chi connectivity index (χ3n) is 2.41. The van der Waals surface area contributed by atoms with Gasteiger partial charge in [0.05, 0.1) is 0 Å². The Hall–Kier alpha value is -0.570. The van der Waals surface area contributed by atoms with Gasteiger partial charge in [-0.2, -0.15) is 0 Å². The van der Waals surface area contributed by atoms with Crippen molar-refractivity contribution in [2.75, 3.05) is 19.7 Å². The van der Waals surface area contributed by atoms with Crippen LogP contribution < -0.4 is 0 Å². The zero-order valence-electron chi connectivity index (χ0n) is 9.88. The second kappa shape index (κ2) is 7.80. The maximum Gasteiger partial charge on any atom is 0.302 e. The van der Waals surface area contributed by atoms with Gasteiger partial charge in [0.15, 0.2) is 0 Å². The van der Waals surface area contributed by atoms with E-state index in [1.165, 1.54) is 6.92 Å². The molecule has 3 nitrogen and oxygen atoms in total. The number of rotatable bonds is 7. The first-order chi connectivity index (χ1) is 6.61. The van der Waals surface area contributed by atoms with E-state index in [0.29, 0.717) is 12.6 Å². The SMILES string of the molecule is CCCN(CCOC(C)=O)C(C)CC. The lowest BCUT2D eigenvalue weighted by Crippen LogP contribution is -2.36. The molecular formula is C11H23NO2. The molecule has 0 aliphatic heterocycles. The predicted molar refractivity (Wildman–Crippen MR) is 58.3 cm³/mol. The van der Waals surface area contributed by atoms with E-state index in [1.54, 1.807) is 0 Å². The number of carbonyl (C=O) groups is 1. The van der Waals surface area contributed by atoms with E-state index in [2.05, 4.69) is 25.7 Å². The third kappa shape index (κ3) is 5.97. The highest BCUT2D eigenvalue weighted by molar-refractivity contribution is 5.65. The van der Waals surface area contributed by atoms with Gasteiger partial charge < -0.3 is 4.74 Å². The minimum Gasteiger partial charge on any atom is -0.465 e. The fourth-order valence-corrected chi connectivity index (χ4v) is 1.40. The average molecular weight is 201 g/mol. The molecule has 0 aromatic carbocycles. The van der Waals surface area contributed by atoms with Crippen LogP contribution in [-0.4, -0.2) is 36.6 Å². The number of nitrogens with zero attached hydrogens (tertiary/aromatic N) is 1. The molecule has 0 saturated heterocycles. The molecule has 0 spiro atoms. The highest BCUT2D eigenvalue weighted by atomic mass is 16.5. The zero-order valence-corrected chi connectivity index (χ0v) is 9.88. The molecule has 0 rings (SSSR count). The number of ether oxygens (including phenoxy) is 1. The summed E-state index contributed by atoms with van der Waals surface area (Å²) < 4.78 is 4.93. The van der Waals surface area contributed by atoms with Crippen LogP contribution in [-0.2, 0) is 9.53 Å². The predicted octanol–water partition coefficient (Wildman–Crippen LogP) is 2.06. The van der Waals surface area contributed by atoms with E-state index in [-0.39, 0.29) is 5.97 Å². The monoisotopic (exact) mass is 201 g/mol. The van der Waals surface area contributed by atoms with Crippen LogP contribution in [0.15, 0.2) is 0 Å². The molecule has 0 fully saturated rings. The molecule has 84 valence electrons. The molecule has 0 saturated carbocycles. The van der Waals surface area contributed by atoms with Crippen LogP contribution in [0.3, 0.4) is 0 Å². The maximum atomic E-state index is 10.6. The van der Waals surface area contributed by atoms with E-state index < -0.39 is 0 Å². The molecule has 14 heavy (non-hydrogen) atoms. The minimum absolute atomic E-state index is 0.189. The van der Waals surface area contributed by atoms with Crippen LogP contribution in [0.2, 0.25) is 0 Å². The summed E-state index contributed by atoms with van der Waals surface area (Å²) in [5.74, 6) is -0.189. The van der Waals surface area contributed by atoms with E-state index >= 15 is 0 Å². The highest BCUT2D eigenvalue weighted by Gasteiger charge is 2.10. The molecule has 0 aromatic heterocycles. The van der Waals surface area contributed by atoms with Crippen molar-refractivity contribution in [1.29, 1.82) is 0 Å². The van der Waals surface area contributed by atoms with Crippen molar-refractivity contribution >= 4 is 5.97 Å². The van der Waals surface area contributed by atoms with Gasteiger partial charge in [0.25, 0.3) is 0 Å². The second-order valence-electron chi connectivity index (χ2n) is 3.63. The molecule has 3 heteroatoms. The Kier molecular flexibility index (Phi) is 7.48. The van der Waals surface area contributed by atoms with Crippen molar-refractivity contribution < 1.29 is 9.53 Å². The van der Waals surface area contributed by atoms with E-state index in [4.69, 9.17) is 4.74 Å². The lowest BCUT2D eigenvalue weighted by Gasteiger charge is -2.27. The van der Waals surface area contributed by atoms with Crippen molar-refractivity contribution in [3.05, 3.63) is 0 Å². The normalized spacial score (nSPS) is 12.9. The Labute approximate surface area is 87.4 Å². The standard InChI is InChI=1S/C11H23NO2/c1-5-7-12(10(3)6-2)8-9-14-11(4)13/h10H,5-9H2,1-4H3. The quantitative estimate of drug-likeness (QED) is 0.590. The van der Waals surface area contributed by atoms with Crippen molar-refractivity contribution in [1.82, 2.24) is 4.90 Å². The van der Waals surface area contributed by atoms with Gasteiger partial charge in [0, 0.05) is 19.5 Å². The second-order valence-corrected chi connectivity index (χ2v) is 3.63. The van der Waals surface area contributed by atoms with Crippen LogP contribution in [0.5, 0.6) is 0 Å². The van der Waals surface area contributed by atoms with Gasteiger partial charge >= 0.3 is 5.97 Å². The van der Waals surface area contributed by atoms with Crippen molar-refractivity contribution in [3.8, 4) is 0 Å². The lowest BCUT2D eigenvalue weighted by molar-refractivity contribution is -0.141. The Bertz CT molecular complexity index is 159. The van der Waals surface area contributed by atoms with Crippen LogP contribution in [0.4, 0.5) is 0 Å². The van der Waals surface area contributed by atoms with Crippen LogP contribution in [0.1, 0.15) is 40.5 Å². The maximum absolute atomic E-state index is 10.6. The number of hydrogen-bond donors (Lipinski definition) is 0. The topological polar surface area (TPSA) is 29.5 Å². The van der Waals surface area contributed by atoms with Crippen molar-refractivity contribution in [2.24, 2.45) is 0 Å². The Morgan fingerprint density at radius 2 is 2.00 bits per heavy atom. The largest absolute Gasteiger partial charge is 0.465 e. The van der Waals surface area contributed by atoms with Gasteiger partial charge in [-0.1, -0.05) is 13.8 Å². The minimum atomic E-state index is -0.189. The average Bonchev–Trinajstić information content (AvgIpc) is 2.15. The van der Waals surface area contributed by atoms with Crippen molar-refractivity contribution in [3.63, 3.8) is 0 Å². The van der Waals surface area contributed by atoms with E-state index in [0.717, 1.165) is 25.9 Å². The molecular weight excluding hydrogens is 178 g/mol. The summed E-state index contributed by atoms with van der Waals surface area (Å²) in [5.41, 5.74) is 0. The highest BCUT2D eigenvalue weighted by Crippen LogP contribution is 2.03. The first-order valence-corrected chi connectivity index (χ1v) is 5.49. The van der Waals surface area contributed by atoms with Crippen LogP contribution in [0.25, 0.3) is 0 Å². The number of esters is 1. The number of carbonyl (C=O) groups excluding carboxylic acids is 1. The summed E-state index contributed by atoms with van der Waals surface area (Å²) in [7, 11) is 0. The molecule has 0 radical (unpaired) electrons. The Morgan fingerprint density at radius 3 is 2.43 bits per heavy atom. The molecule has 0 aliphatic carbocycles. The summed E-state index contributed by atoms with van der Waals surface area (Å²) in [4.78, 5) is 12.9. The molecule has 0 N–H and O–H groups in total. The lowest BCUT2D eigenvalue weighted by atomic mass is 10.2. The van der Waals surface area contributed by atoms with Crippen LogP contribution in [0, 0.1) is 0 Å². The fourth-order valence-electron chi connectivity index (χ4n) is 1.40. The molecule has 0 amide bonds. The summed E-state index contributed by atoms with van der Waals surface area (Å²) in [6.07, 6.45) is 2.28. The van der Waals surface area contributed by atoms with Gasteiger partial charge in [0.1, 0.15) is 6.61 Å². The fraction of sp³-hybridized carbons (Fsp3) is 0.909. The van der Waals surface area contributed by atoms with Gasteiger partial charge in [-0.15, -0.1) is 0 Å². The van der Waals surface area contributed by atoms with Gasteiger partial charge in [-0.25, -0.2) is 0 Å². The summed E-state index contributed by atoms with van der Waals surface area (Å²) in [6, 6.07) is 0.575. The molecule has 0 heterocycles. The smallest absolute Gasteiger partial charge is 0.302 e. The van der Waals surface area contributed by atoms with Crippen LogP contribution >= 0.6 is 0 Å².